The highest BCUT2D eigenvalue weighted by Gasteiger charge is 2.42. The molecule has 2 aliphatic rings. The molecule has 0 aliphatic heterocycles. The zero-order valence-corrected chi connectivity index (χ0v) is 13.5. The molecule has 124 valence electrons. The number of hydrogen-bond acceptors (Lipinski definition) is 2. The molecule has 0 spiro atoms. The topological polar surface area (TPSA) is 66.4 Å². The van der Waals surface area contributed by atoms with Gasteiger partial charge in [0.2, 0.25) is 5.91 Å². The number of carboxylic acid groups (broad SMARTS) is 1. The maximum atomic E-state index is 12.3. The van der Waals surface area contributed by atoms with Crippen molar-refractivity contribution in [2.24, 2.45) is 17.3 Å². The third-order valence-electron chi connectivity index (χ3n) is 5.65. The standard InChI is InChI=1S/C19H25NO3/c21-17(15-8-9-16(15)18(22)23)20-13-19(10-4-5-11-19)12-14-6-2-1-3-7-14/h1-3,6-7,15-16H,4-5,8-13H2,(H,20,21)(H,22,23). The summed E-state index contributed by atoms with van der Waals surface area (Å²) < 4.78 is 0. The van der Waals surface area contributed by atoms with Crippen LogP contribution in [0, 0.1) is 17.3 Å². The minimum absolute atomic E-state index is 0.0667. The van der Waals surface area contributed by atoms with Crippen LogP contribution in [-0.4, -0.2) is 23.5 Å². The van der Waals surface area contributed by atoms with Crippen LogP contribution < -0.4 is 5.32 Å². The highest BCUT2D eigenvalue weighted by Crippen LogP contribution is 2.41. The molecule has 3 rings (SSSR count). The number of hydrogen-bond donors (Lipinski definition) is 2. The molecule has 2 atom stereocenters. The molecule has 4 heteroatoms. The molecular formula is C19H25NO3. The van der Waals surface area contributed by atoms with Gasteiger partial charge in [0.05, 0.1) is 11.8 Å². The van der Waals surface area contributed by atoms with E-state index in [1.165, 1.54) is 18.4 Å². The van der Waals surface area contributed by atoms with Crippen molar-refractivity contribution in [1.82, 2.24) is 5.32 Å². The number of rotatable bonds is 6. The Labute approximate surface area is 137 Å². The normalized spacial score (nSPS) is 25.6. The molecule has 0 bridgehead atoms. The van der Waals surface area contributed by atoms with Crippen LogP contribution in [0.25, 0.3) is 0 Å². The first-order valence-corrected chi connectivity index (χ1v) is 8.64. The largest absolute Gasteiger partial charge is 0.481 e. The van der Waals surface area contributed by atoms with E-state index < -0.39 is 11.9 Å². The van der Waals surface area contributed by atoms with Gasteiger partial charge in [-0.05, 0) is 43.1 Å². The van der Waals surface area contributed by atoms with Crippen LogP contribution >= 0.6 is 0 Å². The molecule has 1 amide bonds. The summed E-state index contributed by atoms with van der Waals surface area (Å²) in [6.07, 6.45) is 7.01. The summed E-state index contributed by atoms with van der Waals surface area (Å²) in [7, 11) is 0. The smallest absolute Gasteiger partial charge is 0.307 e. The van der Waals surface area contributed by atoms with Crippen molar-refractivity contribution in [1.29, 1.82) is 0 Å². The van der Waals surface area contributed by atoms with E-state index in [4.69, 9.17) is 5.11 Å². The van der Waals surface area contributed by atoms with Crippen molar-refractivity contribution in [3.63, 3.8) is 0 Å². The molecule has 1 aromatic carbocycles. The molecule has 23 heavy (non-hydrogen) atoms. The van der Waals surface area contributed by atoms with Gasteiger partial charge < -0.3 is 10.4 Å². The van der Waals surface area contributed by atoms with Crippen LogP contribution in [0.3, 0.4) is 0 Å². The van der Waals surface area contributed by atoms with E-state index in [2.05, 4.69) is 29.6 Å². The van der Waals surface area contributed by atoms with Crippen LogP contribution in [0.15, 0.2) is 30.3 Å². The van der Waals surface area contributed by atoms with Crippen LogP contribution in [-0.2, 0) is 16.0 Å². The third kappa shape index (κ3) is 3.57. The summed E-state index contributed by atoms with van der Waals surface area (Å²) in [5.74, 6) is -1.72. The molecule has 2 aliphatic carbocycles. The second-order valence-electron chi connectivity index (χ2n) is 7.22. The highest BCUT2D eigenvalue weighted by molar-refractivity contribution is 5.86. The molecule has 0 heterocycles. The van der Waals surface area contributed by atoms with Gasteiger partial charge in [0, 0.05) is 6.54 Å². The van der Waals surface area contributed by atoms with Gasteiger partial charge in [0.25, 0.3) is 0 Å². The Morgan fingerprint density at radius 3 is 2.30 bits per heavy atom. The predicted molar refractivity (Wildman–Crippen MR) is 87.9 cm³/mol. The van der Waals surface area contributed by atoms with Crippen molar-refractivity contribution in [3.05, 3.63) is 35.9 Å². The minimum Gasteiger partial charge on any atom is -0.481 e. The number of carbonyl (C=O) groups is 2. The monoisotopic (exact) mass is 315 g/mol. The number of benzene rings is 1. The Balaban J connectivity index is 1.59. The molecule has 1 aromatic rings. The van der Waals surface area contributed by atoms with E-state index in [1.54, 1.807) is 0 Å². The SMILES string of the molecule is O=C(O)C1CCC1C(=O)NCC1(Cc2ccccc2)CCCC1. The summed E-state index contributed by atoms with van der Waals surface area (Å²) in [4.78, 5) is 23.4. The summed E-state index contributed by atoms with van der Waals surface area (Å²) in [5.41, 5.74) is 1.45. The van der Waals surface area contributed by atoms with Gasteiger partial charge in [-0.15, -0.1) is 0 Å². The predicted octanol–water partition coefficient (Wildman–Crippen LogP) is 3.02. The number of carboxylic acids is 1. The Morgan fingerprint density at radius 2 is 1.74 bits per heavy atom. The maximum Gasteiger partial charge on any atom is 0.307 e. The summed E-state index contributed by atoms with van der Waals surface area (Å²) >= 11 is 0. The number of amides is 1. The number of aliphatic carboxylic acids is 1. The van der Waals surface area contributed by atoms with Crippen molar-refractivity contribution in [3.8, 4) is 0 Å². The average Bonchev–Trinajstić information content (AvgIpc) is 2.93. The van der Waals surface area contributed by atoms with E-state index in [0.717, 1.165) is 19.3 Å². The van der Waals surface area contributed by atoms with Gasteiger partial charge in [-0.25, -0.2) is 0 Å². The van der Waals surface area contributed by atoms with Crippen molar-refractivity contribution in [2.75, 3.05) is 6.54 Å². The fourth-order valence-electron chi connectivity index (χ4n) is 4.09. The van der Waals surface area contributed by atoms with Crippen LogP contribution in [0.4, 0.5) is 0 Å². The number of carbonyl (C=O) groups excluding carboxylic acids is 1. The molecule has 2 N–H and O–H groups in total. The lowest BCUT2D eigenvalue weighted by Gasteiger charge is -2.35. The molecule has 2 saturated carbocycles. The van der Waals surface area contributed by atoms with Crippen molar-refractivity contribution >= 4 is 11.9 Å². The lowest BCUT2D eigenvalue weighted by Crippen LogP contribution is -2.47. The second-order valence-corrected chi connectivity index (χ2v) is 7.22. The van der Waals surface area contributed by atoms with Crippen molar-refractivity contribution < 1.29 is 14.7 Å². The van der Waals surface area contributed by atoms with Gasteiger partial charge in [0.1, 0.15) is 0 Å². The van der Waals surface area contributed by atoms with Crippen molar-refractivity contribution in [2.45, 2.75) is 44.9 Å². The first-order valence-electron chi connectivity index (χ1n) is 8.64. The fraction of sp³-hybridized carbons (Fsp3) is 0.579. The molecule has 0 radical (unpaired) electrons. The lowest BCUT2D eigenvalue weighted by atomic mass is 9.73. The molecule has 4 nitrogen and oxygen atoms in total. The quantitative estimate of drug-likeness (QED) is 0.848. The zero-order valence-electron chi connectivity index (χ0n) is 13.5. The van der Waals surface area contributed by atoms with Crippen LogP contribution in [0.1, 0.15) is 44.1 Å². The lowest BCUT2D eigenvalue weighted by molar-refractivity contribution is -0.152. The van der Waals surface area contributed by atoms with Crippen LogP contribution in [0.2, 0.25) is 0 Å². The first kappa shape index (κ1) is 16.0. The fourth-order valence-corrected chi connectivity index (χ4v) is 4.09. The molecule has 2 fully saturated rings. The second kappa shape index (κ2) is 6.73. The molecule has 0 saturated heterocycles. The van der Waals surface area contributed by atoms with E-state index in [-0.39, 0.29) is 17.2 Å². The number of nitrogens with one attached hydrogen (secondary N) is 1. The third-order valence-corrected chi connectivity index (χ3v) is 5.65. The van der Waals surface area contributed by atoms with E-state index in [9.17, 15) is 9.59 Å². The zero-order chi connectivity index (χ0) is 16.3. The van der Waals surface area contributed by atoms with Gasteiger partial charge in [-0.2, -0.15) is 0 Å². The molecular weight excluding hydrogens is 290 g/mol. The van der Waals surface area contributed by atoms with Crippen LogP contribution in [0.5, 0.6) is 0 Å². The Bertz CT molecular complexity index is 563. The summed E-state index contributed by atoms with van der Waals surface area (Å²) in [5, 5.41) is 12.2. The molecule has 2 unspecified atom stereocenters. The maximum absolute atomic E-state index is 12.3. The first-order chi connectivity index (χ1) is 11.1. The van der Waals surface area contributed by atoms with E-state index >= 15 is 0 Å². The van der Waals surface area contributed by atoms with E-state index in [0.29, 0.717) is 19.4 Å². The van der Waals surface area contributed by atoms with Gasteiger partial charge in [0.15, 0.2) is 0 Å². The molecule has 0 aromatic heterocycles. The Hall–Kier alpha value is -1.84. The Kier molecular flexibility index (Phi) is 4.69. The minimum atomic E-state index is -0.837. The summed E-state index contributed by atoms with van der Waals surface area (Å²) in [6, 6.07) is 10.4. The Morgan fingerprint density at radius 1 is 1.09 bits per heavy atom. The van der Waals surface area contributed by atoms with E-state index in [1.807, 2.05) is 6.07 Å². The van der Waals surface area contributed by atoms with Gasteiger partial charge in [-0.1, -0.05) is 43.2 Å². The van der Waals surface area contributed by atoms with Gasteiger partial charge in [-0.3, -0.25) is 9.59 Å². The van der Waals surface area contributed by atoms with Gasteiger partial charge >= 0.3 is 5.97 Å². The summed E-state index contributed by atoms with van der Waals surface area (Å²) in [6.45, 7) is 0.670. The highest BCUT2D eigenvalue weighted by atomic mass is 16.4. The average molecular weight is 315 g/mol.